The Hall–Kier alpha value is -1.14. The van der Waals surface area contributed by atoms with Crippen LogP contribution in [0.3, 0.4) is 0 Å². The van der Waals surface area contributed by atoms with E-state index in [1.54, 1.807) is 0 Å². The number of carbonyl (C=O) groups excluding carboxylic acids is 1. The third kappa shape index (κ3) is 4.04. The van der Waals surface area contributed by atoms with Crippen LogP contribution in [0.25, 0.3) is 0 Å². The van der Waals surface area contributed by atoms with E-state index >= 15 is 0 Å². The number of aliphatic carboxylic acids is 1. The molecule has 4 nitrogen and oxygen atoms in total. The molecule has 1 amide bonds. The lowest BCUT2D eigenvalue weighted by Crippen LogP contribution is -2.47. The summed E-state index contributed by atoms with van der Waals surface area (Å²) in [6, 6.07) is 7.74. The van der Waals surface area contributed by atoms with Gasteiger partial charge in [0.2, 0.25) is 0 Å². The van der Waals surface area contributed by atoms with Gasteiger partial charge in [0.05, 0.1) is 16.5 Å². The van der Waals surface area contributed by atoms with Crippen LogP contribution in [-0.2, 0) is 4.79 Å². The summed E-state index contributed by atoms with van der Waals surface area (Å²) >= 11 is 3.88. The first-order chi connectivity index (χ1) is 11.1. The molecule has 1 aromatic carbocycles. The highest BCUT2D eigenvalue weighted by Crippen LogP contribution is 2.45. The van der Waals surface area contributed by atoms with E-state index in [0.29, 0.717) is 10.1 Å². The maximum atomic E-state index is 12.5. The van der Waals surface area contributed by atoms with E-state index in [2.05, 4.69) is 5.32 Å². The monoisotopic (exact) mass is 351 g/mol. The Kier molecular flexibility index (Phi) is 5.21. The first-order valence-corrected chi connectivity index (χ1v) is 10.1. The maximum absolute atomic E-state index is 12.5. The molecule has 2 aliphatic rings. The smallest absolute Gasteiger partial charge is 0.305 e. The summed E-state index contributed by atoms with van der Waals surface area (Å²) in [5.41, 5.74) is 1.28. The number of hydrogen-bond donors (Lipinski definition) is 2. The zero-order chi connectivity index (χ0) is 16.3. The topological polar surface area (TPSA) is 66.4 Å². The highest BCUT2D eigenvalue weighted by atomic mass is 32.2. The van der Waals surface area contributed by atoms with E-state index in [1.165, 1.54) is 17.1 Å². The molecule has 1 saturated carbocycles. The zero-order valence-electron chi connectivity index (χ0n) is 12.9. The molecule has 23 heavy (non-hydrogen) atoms. The molecule has 0 atom stereocenters. The summed E-state index contributed by atoms with van der Waals surface area (Å²) in [7, 11) is 0. The number of carboxylic acids is 1. The van der Waals surface area contributed by atoms with E-state index < -0.39 is 11.5 Å². The summed E-state index contributed by atoms with van der Waals surface area (Å²) in [6.45, 7) is 0. The van der Waals surface area contributed by atoms with Crippen molar-refractivity contribution >= 4 is 35.4 Å². The third-order valence-electron chi connectivity index (χ3n) is 4.50. The van der Waals surface area contributed by atoms with Crippen molar-refractivity contribution in [2.24, 2.45) is 0 Å². The maximum Gasteiger partial charge on any atom is 0.305 e. The summed E-state index contributed by atoms with van der Waals surface area (Å²) in [5, 5.41) is 12.1. The Morgan fingerprint density at radius 1 is 1.13 bits per heavy atom. The lowest BCUT2D eigenvalue weighted by molar-refractivity contribution is -0.138. The summed E-state index contributed by atoms with van der Waals surface area (Å²) < 4.78 is 0.472. The standard InChI is InChI=1S/C17H21NO3S2/c19-14(20)11-17(7-1-2-8-17)18-15(21)12-3-5-13(6-4-12)16-22-9-10-23-16/h3-6,16H,1-2,7-11H2,(H,18,21)(H,19,20). The Bertz CT molecular complexity index is 576. The van der Waals surface area contributed by atoms with Gasteiger partial charge in [-0.05, 0) is 30.5 Å². The number of thioether (sulfide) groups is 2. The molecule has 1 aliphatic carbocycles. The molecule has 0 spiro atoms. The first-order valence-electron chi connectivity index (χ1n) is 7.95. The van der Waals surface area contributed by atoms with Crippen LogP contribution in [0.15, 0.2) is 24.3 Å². The molecule has 0 radical (unpaired) electrons. The lowest BCUT2D eigenvalue weighted by atomic mass is 9.92. The SMILES string of the molecule is O=C(O)CC1(NC(=O)c2ccc(C3SCCS3)cc2)CCCC1. The van der Waals surface area contributed by atoms with Crippen LogP contribution in [0.4, 0.5) is 0 Å². The zero-order valence-corrected chi connectivity index (χ0v) is 14.5. The third-order valence-corrected chi connectivity index (χ3v) is 7.60. The Labute approximate surface area is 144 Å². The summed E-state index contributed by atoms with van der Waals surface area (Å²) in [6.07, 6.45) is 3.45. The number of carboxylic acid groups (broad SMARTS) is 1. The number of rotatable bonds is 5. The average Bonchev–Trinajstić information content (AvgIpc) is 3.19. The Morgan fingerprint density at radius 3 is 2.30 bits per heavy atom. The highest BCUT2D eigenvalue weighted by Gasteiger charge is 2.37. The van der Waals surface area contributed by atoms with Gasteiger partial charge in [-0.2, -0.15) is 0 Å². The second-order valence-electron chi connectivity index (χ2n) is 6.21. The van der Waals surface area contributed by atoms with E-state index in [4.69, 9.17) is 5.11 Å². The second kappa shape index (κ2) is 7.18. The van der Waals surface area contributed by atoms with Crippen molar-refractivity contribution in [1.82, 2.24) is 5.32 Å². The molecule has 1 aliphatic heterocycles. The predicted molar refractivity (Wildman–Crippen MR) is 95.0 cm³/mol. The number of hydrogen-bond acceptors (Lipinski definition) is 4. The average molecular weight is 351 g/mol. The van der Waals surface area contributed by atoms with Gasteiger partial charge in [0, 0.05) is 17.1 Å². The van der Waals surface area contributed by atoms with Gasteiger partial charge in [-0.25, -0.2) is 0 Å². The minimum Gasteiger partial charge on any atom is -0.481 e. The van der Waals surface area contributed by atoms with Crippen LogP contribution >= 0.6 is 23.5 Å². The van der Waals surface area contributed by atoms with Crippen LogP contribution in [0.1, 0.15) is 52.6 Å². The molecular formula is C17H21NO3S2. The molecule has 0 aromatic heterocycles. The molecule has 2 fully saturated rings. The molecule has 1 heterocycles. The highest BCUT2D eigenvalue weighted by molar-refractivity contribution is 8.19. The van der Waals surface area contributed by atoms with Gasteiger partial charge in [-0.1, -0.05) is 25.0 Å². The van der Waals surface area contributed by atoms with Crippen molar-refractivity contribution in [3.8, 4) is 0 Å². The fourth-order valence-electron chi connectivity index (χ4n) is 3.34. The predicted octanol–water partition coefficient (Wildman–Crippen LogP) is 3.68. The number of nitrogens with one attached hydrogen (secondary N) is 1. The van der Waals surface area contributed by atoms with E-state index in [9.17, 15) is 9.59 Å². The van der Waals surface area contributed by atoms with Crippen LogP contribution < -0.4 is 5.32 Å². The number of benzene rings is 1. The number of carbonyl (C=O) groups is 2. The van der Waals surface area contributed by atoms with E-state index in [0.717, 1.165) is 25.7 Å². The van der Waals surface area contributed by atoms with Crippen molar-refractivity contribution in [1.29, 1.82) is 0 Å². The van der Waals surface area contributed by atoms with Gasteiger partial charge in [0.25, 0.3) is 5.91 Å². The van der Waals surface area contributed by atoms with Crippen molar-refractivity contribution in [3.63, 3.8) is 0 Å². The molecule has 124 valence electrons. The van der Waals surface area contributed by atoms with Crippen LogP contribution in [0.2, 0.25) is 0 Å². The van der Waals surface area contributed by atoms with Crippen molar-refractivity contribution in [2.45, 2.75) is 42.2 Å². The van der Waals surface area contributed by atoms with Gasteiger partial charge >= 0.3 is 5.97 Å². The largest absolute Gasteiger partial charge is 0.481 e. The fourth-order valence-corrected chi connectivity index (χ4v) is 6.20. The van der Waals surface area contributed by atoms with Crippen molar-refractivity contribution < 1.29 is 14.7 Å². The summed E-state index contributed by atoms with van der Waals surface area (Å²) in [5.74, 6) is 1.34. The van der Waals surface area contributed by atoms with Crippen molar-refractivity contribution in [2.75, 3.05) is 11.5 Å². The second-order valence-corrected chi connectivity index (χ2v) is 8.93. The van der Waals surface area contributed by atoms with Crippen LogP contribution in [0.5, 0.6) is 0 Å². The Morgan fingerprint density at radius 2 is 1.74 bits per heavy atom. The van der Waals surface area contributed by atoms with Gasteiger partial charge < -0.3 is 10.4 Å². The number of amides is 1. The molecule has 0 bridgehead atoms. The van der Waals surface area contributed by atoms with Crippen LogP contribution in [0, 0.1) is 0 Å². The molecular weight excluding hydrogens is 330 g/mol. The molecule has 2 N–H and O–H groups in total. The lowest BCUT2D eigenvalue weighted by Gasteiger charge is -2.28. The quantitative estimate of drug-likeness (QED) is 0.847. The Balaban J connectivity index is 1.68. The fraction of sp³-hybridized carbons (Fsp3) is 0.529. The molecule has 6 heteroatoms. The van der Waals surface area contributed by atoms with Gasteiger partial charge in [-0.15, -0.1) is 23.5 Å². The molecule has 0 unspecified atom stereocenters. The first kappa shape index (κ1) is 16.7. The normalized spacial score (nSPS) is 20.5. The molecule has 3 rings (SSSR count). The van der Waals surface area contributed by atoms with Gasteiger partial charge in [-0.3, -0.25) is 9.59 Å². The minimum absolute atomic E-state index is 0.00613. The molecule has 1 aromatic rings. The molecule has 1 saturated heterocycles. The van der Waals surface area contributed by atoms with Gasteiger partial charge in [0.15, 0.2) is 0 Å². The van der Waals surface area contributed by atoms with E-state index in [-0.39, 0.29) is 12.3 Å². The van der Waals surface area contributed by atoms with Gasteiger partial charge in [0.1, 0.15) is 0 Å². The minimum atomic E-state index is -0.849. The summed E-state index contributed by atoms with van der Waals surface area (Å²) in [4.78, 5) is 23.6. The van der Waals surface area contributed by atoms with Crippen molar-refractivity contribution in [3.05, 3.63) is 35.4 Å². The van der Waals surface area contributed by atoms with E-state index in [1.807, 2.05) is 47.8 Å². The van der Waals surface area contributed by atoms with Crippen LogP contribution in [-0.4, -0.2) is 34.0 Å².